The van der Waals surface area contributed by atoms with E-state index in [1.165, 1.54) is 37.2 Å². The van der Waals surface area contributed by atoms with Crippen LogP contribution < -0.4 is 5.32 Å². The summed E-state index contributed by atoms with van der Waals surface area (Å²) >= 11 is 1.69. The van der Waals surface area contributed by atoms with Gasteiger partial charge in [0.1, 0.15) is 0 Å². The minimum atomic E-state index is -0.411. The Morgan fingerprint density at radius 1 is 1.43 bits per heavy atom. The summed E-state index contributed by atoms with van der Waals surface area (Å²) in [7, 11) is 0. The van der Waals surface area contributed by atoms with E-state index in [9.17, 15) is 5.11 Å². The largest absolute Gasteiger partial charge is 0.389 e. The van der Waals surface area contributed by atoms with Crippen LogP contribution in [0.2, 0.25) is 0 Å². The number of ether oxygens (including phenoxy) is 1. The molecule has 0 amide bonds. The second-order valence-corrected chi connectivity index (χ2v) is 7.32. The maximum absolute atomic E-state index is 9.91. The number of nitrogens with one attached hydrogen (secondary N) is 1. The van der Waals surface area contributed by atoms with Crippen molar-refractivity contribution in [3.05, 3.63) is 22.4 Å². The molecule has 21 heavy (non-hydrogen) atoms. The van der Waals surface area contributed by atoms with Gasteiger partial charge >= 0.3 is 0 Å². The van der Waals surface area contributed by atoms with Gasteiger partial charge in [-0.05, 0) is 49.7 Å². The van der Waals surface area contributed by atoms with Gasteiger partial charge in [-0.15, -0.1) is 11.3 Å². The molecule has 2 aliphatic rings. The molecule has 1 aromatic rings. The van der Waals surface area contributed by atoms with Gasteiger partial charge in [0.25, 0.3) is 0 Å². The molecule has 1 saturated heterocycles. The number of thiophene rings is 1. The molecule has 0 radical (unpaired) electrons. The highest BCUT2D eigenvalue weighted by molar-refractivity contribution is 7.09. The van der Waals surface area contributed by atoms with E-state index >= 15 is 0 Å². The molecule has 0 aromatic carbocycles. The minimum Gasteiger partial charge on any atom is -0.389 e. The summed E-state index contributed by atoms with van der Waals surface area (Å²) in [6.45, 7) is 5.17. The summed E-state index contributed by atoms with van der Waals surface area (Å²) in [6, 6.07) is 4.97. The van der Waals surface area contributed by atoms with Gasteiger partial charge in [0.2, 0.25) is 0 Å². The molecule has 2 atom stereocenters. The monoisotopic (exact) mass is 310 g/mol. The van der Waals surface area contributed by atoms with E-state index in [0.717, 1.165) is 18.5 Å². The number of likely N-dealkylation sites (tertiary alicyclic amines) is 1. The van der Waals surface area contributed by atoms with E-state index < -0.39 is 6.10 Å². The highest BCUT2D eigenvalue weighted by Crippen LogP contribution is 2.31. The molecule has 3 rings (SSSR count). The molecule has 0 spiro atoms. The molecule has 2 unspecified atom stereocenters. The zero-order valence-corrected chi connectivity index (χ0v) is 13.4. The molecule has 1 aliphatic carbocycles. The first-order valence-electron chi connectivity index (χ1n) is 8.04. The summed E-state index contributed by atoms with van der Waals surface area (Å²) in [6.07, 6.45) is 3.70. The summed E-state index contributed by atoms with van der Waals surface area (Å²) < 4.78 is 5.53. The smallest absolute Gasteiger partial charge is 0.0897 e. The third-order valence-corrected chi connectivity index (χ3v) is 5.18. The maximum Gasteiger partial charge on any atom is 0.0897 e. The number of aliphatic hydroxyl groups excluding tert-OH is 1. The van der Waals surface area contributed by atoms with Crippen LogP contribution in [0.15, 0.2) is 17.5 Å². The van der Waals surface area contributed by atoms with Crippen molar-refractivity contribution >= 4 is 11.3 Å². The van der Waals surface area contributed by atoms with Crippen LogP contribution in [0.4, 0.5) is 0 Å². The molecule has 1 aromatic heterocycles. The Labute approximate surface area is 131 Å². The second kappa shape index (κ2) is 7.70. The lowest BCUT2D eigenvalue weighted by molar-refractivity contribution is 0.0295. The molecule has 2 N–H and O–H groups in total. The van der Waals surface area contributed by atoms with Crippen molar-refractivity contribution in [2.75, 3.05) is 32.8 Å². The average molecular weight is 310 g/mol. The first-order valence-corrected chi connectivity index (χ1v) is 8.92. The predicted octanol–water partition coefficient (Wildman–Crippen LogP) is 1.70. The Balaban J connectivity index is 1.22. The Kier molecular flexibility index (Phi) is 5.66. The summed E-state index contributed by atoms with van der Waals surface area (Å²) in [5, 5.41) is 15.3. The Bertz CT molecular complexity index is 408. The van der Waals surface area contributed by atoms with Crippen molar-refractivity contribution in [3.8, 4) is 0 Å². The quantitative estimate of drug-likeness (QED) is 0.729. The van der Waals surface area contributed by atoms with E-state index in [1.54, 1.807) is 11.3 Å². The molecule has 5 heteroatoms. The number of aliphatic hydroxyl groups is 1. The molecule has 1 aliphatic heterocycles. The number of nitrogens with zero attached hydrogens (tertiary/aromatic N) is 1. The van der Waals surface area contributed by atoms with E-state index in [4.69, 9.17) is 4.74 Å². The lowest BCUT2D eigenvalue weighted by Gasteiger charge is -2.16. The summed E-state index contributed by atoms with van der Waals surface area (Å²) in [5.74, 6) is 0.754. The van der Waals surface area contributed by atoms with Crippen molar-refractivity contribution in [1.29, 1.82) is 0 Å². The third kappa shape index (κ3) is 5.04. The van der Waals surface area contributed by atoms with E-state index in [-0.39, 0.29) is 0 Å². The zero-order valence-electron chi connectivity index (χ0n) is 12.5. The van der Waals surface area contributed by atoms with E-state index in [2.05, 4.69) is 16.3 Å². The second-order valence-electron chi connectivity index (χ2n) is 6.29. The first-order chi connectivity index (χ1) is 10.3. The van der Waals surface area contributed by atoms with E-state index in [0.29, 0.717) is 19.8 Å². The van der Waals surface area contributed by atoms with Crippen LogP contribution in [0.25, 0.3) is 0 Å². The topological polar surface area (TPSA) is 44.7 Å². The predicted molar refractivity (Wildman–Crippen MR) is 85.6 cm³/mol. The molecule has 1 saturated carbocycles. The van der Waals surface area contributed by atoms with Gasteiger partial charge in [0.15, 0.2) is 0 Å². The standard InChI is InChI=1S/C16H26N2O2S/c19-15(11-20-12-16-2-1-7-21-16)9-17-8-13-5-6-18(10-13)14-3-4-14/h1-2,7,13-15,17,19H,3-6,8-12H2. The van der Waals surface area contributed by atoms with Crippen LogP contribution >= 0.6 is 11.3 Å². The average Bonchev–Trinajstić information content (AvgIpc) is 3.00. The molecular weight excluding hydrogens is 284 g/mol. The first kappa shape index (κ1) is 15.4. The zero-order chi connectivity index (χ0) is 14.5. The van der Waals surface area contributed by atoms with Crippen molar-refractivity contribution in [1.82, 2.24) is 10.2 Å². The molecule has 0 bridgehead atoms. The van der Waals surface area contributed by atoms with Crippen molar-refractivity contribution in [2.45, 2.75) is 38.0 Å². The number of rotatable bonds is 9. The van der Waals surface area contributed by atoms with Gasteiger partial charge in [-0.2, -0.15) is 0 Å². The molecule has 2 heterocycles. The van der Waals surface area contributed by atoms with Gasteiger partial charge in [-0.1, -0.05) is 6.07 Å². The fraction of sp³-hybridized carbons (Fsp3) is 0.750. The van der Waals surface area contributed by atoms with Crippen LogP contribution in [-0.2, 0) is 11.3 Å². The Morgan fingerprint density at radius 3 is 3.10 bits per heavy atom. The van der Waals surface area contributed by atoms with E-state index in [1.807, 2.05) is 11.4 Å². The van der Waals surface area contributed by atoms with Crippen molar-refractivity contribution in [3.63, 3.8) is 0 Å². The molecule has 118 valence electrons. The SMILES string of the molecule is OC(CNCC1CCN(C2CC2)C1)COCc1cccs1. The van der Waals surface area contributed by atoms with Crippen molar-refractivity contribution in [2.24, 2.45) is 5.92 Å². The van der Waals surface area contributed by atoms with Gasteiger partial charge < -0.3 is 20.1 Å². The fourth-order valence-corrected chi connectivity index (χ4v) is 3.64. The van der Waals surface area contributed by atoms with Gasteiger partial charge in [0, 0.05) is 24.0 Å². The molecule has 2 fully saturated rings. The van der Waals surface area contributed by atoms with Crippen LogP contribution in [0.5, 0.6) is 0 Å². The summed E-state index contributed by atoms with van der Waals surface area (Å²) in [5.41, 5.74) is 0. The van der Waals surface area contributed by atoms with Gasteiger partial charge in [0.05, 0.1) is 19.3 Å². The molecular formula is C16H26N2O2S. The fourth-order valence-electron chi connectivity index (χ4n) is 3.00. The van der Waals surface area contributed by atoms with Crippen LogP contribution in [-0.4, -0.2) is 54.9 Å². The van der Waals surface area contributed by atoms with Gasteiger partial charge in [-0.3, -0.25) is 0 Å². The Hall–Kier alpha value is -0.460. The van der Waals surface area contributed by atoms with Crippen LogP contribution in [0.1, 0.15) is 24.1 Å². The summed E-state index contributed by atoms with van der Waals surface area (Å²) in [4.78, 5) is 3.84. The number of hydrogen-bond acceptors (Lipinski definition) is 5. The highest BCUT2D eigenvalue weighted by Gasteiger charge is 2.33. The molecule has 4 nitrogen and oxygen atoms in total. The van der Waals surface area contributed by atoms with Crippen LogP contribution in [0, 0.1) is 5.92 Å². The third-order valence-electron chi connectivity index (χ3n) is 4.33. The number of hydrogen-bond donors (Lipinski definition) is 2. The maximum atomic E-state index is 9.91. The highest BCUT2D eigenvalue weighted by atomic mass is 32.1. The van der Waals surface area contributed by atoms with Crippen molar-refractivity contribution < 1.29 is 9.84 Å². The minimum absolute atomic E-state index is 0.407. The lowest BCUT2D eigenvalue weighted by Crippen LogP contribution is -2.34. The Morgan fingerprint density at radius 2 is 2.33 bits per heavy atom. The normalized spacial score (nSPS) is 24.5. The van der Waals surface area contributed by atoms with Gasteiger partial charge in [-0.25, -0.2) is 0 Å². The van der Waals surface area contributed by atoms with Crippen LogP contribution in [0.3, 0.4) is 0 Å². The lowest BCUT2D eigenvalue weighted by atomic mass is 10.1.